The van der Waals surface area contributed by atoms with E-state index in [1.165, 1.54) is 9.80 Å². The van der Waals surface area contributed by atoms with Crippen LogP contribution >= 0.6 is 0 Å². The Morgan fingerprint density at radius 1 is 0.852 bits per heavy atom. The van der Waals surface area contributed by atoms with Gasteiger partial charge in [-0.05, 0) is 57.8 Å². The minimum absolute atomic E-state index is 0.00804. The fourth-order valence-corrected chi connectivity index (χ4v) is 8.21. The molecule has 340 valence electrons. The number of ether oxygens (including phenoxy) is 4. The Labute approximate surface area is 354 Å². The maximum absolute atomic E-state index is 13.9. The first kappa shape index (κ1) is 47.6. The lowest BCUT2D eigenvalue weighted by molar-refractivity contribution is -0.432. The van der Waals surface area contributed by atoms with Crippen molar-refractivity contribution in [3.63, 3.8) is 0 Å². The summed E-state index contributed by atoms with van der Waals surface area (Å²) >= 11 is 0. The summed E-state index contributed by atoms with van der Waals surface area (Å²) in [6.45, 7) is 2.82. The Balaban J connectivity index is 1.08. The van der Waals surface area contributed by atoms with E-state index in [0.29, 0.717) is 58.2 Å². The number of amides is 4. The standard InChI is InChI=1S/C37H60BN9O14/c1-24(35(54)47-13-2-3-28(47)38(56)57)43-34(53)26-6-4-25(5-7-26)19-42-30(49)10-11-41-29(48)9-8-27-36(55)61-37-58-31(50)20-40-12-14-46(27)18-17-44(21-32(51)59-37)15-16-45(23-39)22-33(52)60-37/h24-28,40,56-57H,2-23,39H2,1H3,(H,41,48)(H,42,49)(H,43,53)/t24-,25-,26-,27-,28+,37?/m1/s1. The van der Waals surface area contributed by atoms with Gasteiger partial charge in [-0.1, -0.05) is 0 Å². The minimum Gasteiger partial charge on any atom is -0.426 e. The van der Waals surface area contributed by atoms with Gasteiger partial charge in [-0.15, -0.1) is 0 Å². The molecule has 5 rings (SSSR count). The molecule has 5 fully saturated rings. The summed E-state index contributed by atoms with van der Waals surface area (Å²) in [5.74, 6) is -6.26. The fraction of sp³-hybridized carbons (Fsp3) is 0.784. The maximum Gasteiger partial charge on any atom is 0.619 e. The molecule has 23 nitrogen and oxygen atoms in total. The van der Waals surface area contributed by atoms with Gasteiger partial charge in [0.2, 0.25) is 23.6 Å². The van der Waals surface area contributed by atoms with E-state index >= 15 is 0 Å². The van der Waals surface area contributed by atoms with E-state index in [4.69, 9.17) is 24.7 Å². The lowest BCUT2D eigenvalue weighted by Gasteiger charge is -2.33. The lowest BCUT2D eigenvalue weighted by Crippen LogP contribution is -2.53. The predicted octanol–water partition coefficient (Wildman–Crippen LogP) is -4.69. The van der Waals surface area contributed by atoms with E-state index in [0.717, 1.165) is 0 Å². The number of rotatable bonds is 13. The van der Waals surface area contributed by atoms with Crippen LogP contribution in [0.3, 0.4) is 0 Å². The summed E-state index contributed by atoms with van der Waals surface area (Å²) in [5.41, 5.74) is 5.82. The first-order chi connectivity index (χ1) is 29.1. The number of hydrogen-bond donors (Lipinski definition) is 7. The molecule has 4 amide bonds. The number of nitrogens with zero attached hydrogens (tertiary/aromatic N) is 4. The molecule has 0 radical (unpaired) electrons. The van der Waals surface area contributed by atoms with Crippen molar-refractivity contribution in [3.8, 4) is 0 Å². The Morgan fingerprint density at radius 2 is 1.54 bits per heavy atom. The van der Waals surface area contributed by atoms with Crippen LogP contribution in [-0.2, 0) is 57.3 Å². The van der Waals surface area contributed by atoms with Crippen molar-refractivity contribution in [1.29, 1.82) is 0 Å². The Morgan fingerprint density at radius 3 is 2.26 bits per heavy atom. The zero-order valence-electron chi connectivity index (χ0n) is 34.7. The zero-order chi connectivity index (χ0) is 44.1. The van der Waals surface area contributed by atoms with Gasteiger partial charge in [-0.25, -0.2) is 0 Å². The molecule has 24 heteroatoms. The first-order valence-electron chi connectivity index (χ1n) is 21.1. The highest BCUT2D eigenvalue weighted by atomic mass is 17.0. The number of carbonyl (C=O) groups excluding carboxylic acids is 8. The molecular formula is C37H60BN9O14. The van der Waals surface area contributed by atoms with Crippen molar-refractivity contribution in [2.75, 3.05) is 85.2 Å². The maximum atomic E-state index is 13.9. The van der Waals surface area contributed by atoms with Crippen molar-refractivity contribution in [1.82, 2.24) is 40.9 Å². The molecule has 3 bridgehead atoms. The molecule has 61 heavy (non-hydrogen) atoms. The summed E-state index contributed by atoms with van der Waals surface area (Å²) < 4.78 is 21.3. The largest absolute Gasteiger partial charge is 0.619 e. The lowest BCUT2D eigenvalue weighted by atomic mass is 9.77. The van der Waals surface area contributed by atoms with Crippen LogP contribution in [0.4, 0.5) is 0 Å². The summed E-state index contributed by atoms with van der Waals surface area (Å²) in [6.07, 6.45) is 0.251. The average Bonchev–Trinajstić information content (AvgIpc) is 3.70. The third-order valence-electron chi connectivity index (χ3n) is 11.7. The number of esters is 4. The van der Waals surface area contributed by atoms with E-state index < -0.39 is 74.2 Å². The quantitative estimate of drug-likeness (QED) is 0.0676. The van der Waals surface area contributed by atoms with E-state index in [1.54, 1.807) is 16.7 Å². The molecule has 0 aromatic rings. The summed E-state index contributed by atoms with van der Waals surface area (Å²) in [6, 6.07) is -1.93. The Kier molecular flexibility index (Phi) is 17.6. The van der Waals surface area contributed by atoms with Crippen LogP contribution in [0.25, 0.3) is 0 Å². The van der Waals surface area contributed by atoms with Gasteiger partial charge in [0.1, 0.15) is 12.1 Å². The SMILES string of the molecule is C[C@@H](NC(=O)[C@H]1CC[C@H](CNC(=O)CCNC(=O)CC[C@@H]2C(=O)OC34OC(=O)CNCCN2CCN(CCN(CN)CC(=O)O3)CC(=O)O4)CC1)C(=O)N1CCC[C@H]1B(O)O. The zero-order valence-corrected chi connectivity index (χ0v) is 34.7. The highest BCUT2D eigenvalue weighted by Gasteiger charge is 2.52. The van der Waals surface area contributed by atoms with Crippen LogP contribution in [0.5, 0.6) is 0 Å². The Hall–Kier alpha value is -4.46. The number of fused-ring (bicyclic) bond motifs is 6. The molecule has 0 aromatic heterocycles. The number of carbonyl (C=O) groups is 8. The molecule has 4 aliphatic heterocycles. The third kappa shape index (κ3) is 14.0. The van der Waals surface area contributed by atoms with Crippen molar-refractivity contribution >= 4 is 54.6 Å². The smallest absolute Gasteiger partial charge is 0.426 e. The summed E-state index contributed by atoms with van der Waals surface area (Å²) in [4.78, 5) is 111. The molecule has 5 aliphatic rings. The molecule has 4 heterocycles. The predicted molar refractivity (Wildman–Crippen MR) is 210 cm³/mol. The Bertz CT molecular complexity index is 1600. The van der Waals surface area contributed by atoms with E-state index in [1.807, 2.05) is 0 Å². The molecule has 0 aromatic carbocycles. The monoisotopic (exact) mass is 865 g/mol. The highest BCUT2D eigenvalue weighted by Crippen LogP contribution is 2.29. The van der Waals surface area contributed by atoms with Crippen LogP contribution in [0.1, 0.15) is 64.7 Å². The second-order valence-electron chi connectivity index (χ2n) is 16.1. The molecule has 1 spiro atoms. The van der Waals surface area contributed by atoms with E-state index in [9.17, 15) is 48.4 Å². The number of nitrogens with two attached hydrogens (primary N) is 1. The average molecular weight is 866 g/mol. The van der Waals surface area contributed by atoms with Gasteiger partial charge in [0.15, 0.2) is 0 Å². The van der Waals surface area contributed by atoms with Crippen LogP contribution in [0.15, 0.2) is 0 Å². The molecule has 1 saturated carbocycles. The normalized spacial score (nSPS) is 29.7. The van der Waals surface area contributed by atoms with Gasteiger partial charge in [-0.2, -0.15) is 0 Å². The van der Waals surface area contributed by atoms with E-state index in [-0.39, 0.29) is 101 Å². The first-order valence-corrected chi connectivity index (χ1v) is 21.1. The molecule has 8 N–H and O–H groups in total. The van der Waals surface area contributed by atoms with Crippen molar-refractivity contribution in [2.45, 2.75) is 88.9 Å². The topological polar surface area (TPSA) is 301 Å². The second-order valence-corrected chi connectivity index (χ2v) is 16.1. The molecule has 4 saturated heterocycles. The van der Waals surface area contributed by atoms with Gasteiger partial charge >= 0.3 is 37.2 Å². The molecule has 6 atom stereocenters. The molecule has 3 unspecified atom stereocenters. The van der Waals surface area contributed by atoms with Gasteiger partial charge in [-0.3, -0.25) is 53.1 Å². The van der Waals surface area contributed by atoms with Crippen LogP contribution in [0.2, 0.25) is 0 Å². The van der Waals surface area contributed by atoms with Crippen LogP contribution in [-0.4, -0.2) is 194 Å². The number of nitrogens with one attached hydrogen (secondary N) is 4. The summed E-state index contributed by atoms with van der Waals surface area (Å²) in [7, 11) is -1.63. The molecular weight excluding hydrogens is 805 g/mol. The van der Waals surface area contributed by atoms with Gasteiger partial charge in [0.25, 0.3) is 0 Å². The van der Waals surface area contributed by atoms with Crippen molar-refractivity contribution in [3.05, 3.63) is 0 Å². The van der Waals surface area contributed by atoms with Crippen LogP contribution in [0, 0.1) is 11.8 Å². The van der Waals surface area contributed by atoms with Crippen molar-refractivity contribution < 1.29 is 67.4 Å². The molecule has 1 aliphatic carbocycles. The minimum atomic E-state index is -3.17. The number of hydrogen-bond acceptors (Lipinski definition) is 19. The van der Waals surface area contributed by atoms with E-state index in [2.05, 4.69) is 21.3 Å². The van der Waals surface area contributed by atoms with Crippen LogP contribution < -0.4 is 27.0 Å². The highest BCUT2D eigenvalue weighted by molar-refractivity contribution is 6.43. The van der Waals surface area contributed by atoms with Gasteiger partial charge < -0.3 is 60.9 Å². The number of likely N-dealkylation sites (tertiary alicyclic amines) is 1. The second kappa shape index (κ2) is 22.6. The van der Waals surface area contributed by atoms with Gasteiger partial charge in [0, 0.05) is 84.3 Å². The fourth-order valence-electron chi connectivity index (χ4n) is 8.21. The summed E-state index contributed by atoms with van der Waals surface area (Å²) in [5, 5.41) is 30.4. The third-order valence-corrected chi connectivity index (χ3v) is 11.7. The van der Waals surface area contributed by atoms with Gasteiger partial charge in [0.05, 0.1) is 25.6 Å². The van der Waals surface area contributed by atoms with Crippen molar-refractivity contribution in [2.24, 2.45) is 17.6 Å².